The summed E-state index contributed by atoms with van der Waals surface area (Å²) in [6.45, 7) is 6.66. The zero-order valence-electron chi connectivity index (χ0n) is 14.7. The van der Waals surface area contributed by atoms with E-state index in [0.29, 0.717) is 5.02 Å². The lowest BCUT2D eigenvalue weighted by Crippen LogP contribution is -2.46. The fraction of sp³-hybridized carbons (Fsp3) is 0.300. The Morgan fingerprint density at radius 1 is 1.04 bits per heavy atom. The van der Waals surface area contributed by atoms with Crippen LogP contribution in [0.2, 0.25) is 5.02 Å². The Morgan fingerprint density at radius 2 is 1.81 bits per heavy atom. The summed E-state index contributed by atoms with van der Waals surface area (Å²) >= 11 is 5.91. The highest BCUT2D eigenvalue weighted by Gasteiger charge is 2.19. The molecule has 134 valence electrons. The molecule has 1 fully saturated rings. The van der Waals surface area contributed by atoms with Crippen LogP contribution in [0.3, 0.4) is 0 Å². The summed E-state index contributed by atoms with van der Waals surface area (Å²) in [5, 5.41) is 4.89. The van der Waals surface area contributed by atoms with Gasteiger partial charge in [0.2, 0.25) is 0 Å². The summed E-state index contributed by atoms with van der Waals surface area (Å²) in [6, 6.07) is 14.2. The van der Waals surface area contributed by atoms with Crippen LogP contribution in [0.15, 0.2) is 53.2 Å². The summed E-state index contributed by atoms with van der Waals surface area (Å²) in [5.41, 5.74) is 3.22. The maximum absolute atomic E-state index is 5.91. The van der Waals surface area contributed by atoms with Crippen LogP contribution in [0, 0.1) is 6.92 Å². The highest BCUT2D eigenvalue weighted by molar-refractivity contribution is 6.30. The molecule has 0 bridgehead atoms. The predicted octanol–water partition coefficient (Wildman–Crippen LogP) is 4.02. The number of benzene rings is 1. The number of nitrogens with zero attached hydrogens (tertiary/aromatic N) is 4. The molecule has 0 spiro atoms. The summed E-state index contributed by atoms with van der Waals surface area (Å²) in [7, 11) is 0. The Morgan fingerprint density at radius 3 is 2.50 bits per heavy atom. The van der Waals surface area contributed by atoms with Crippen molar-refractivity contribution in [3.05, 3.63) is 65.0 Å². The van der Waals surface area contributed by atoms with Gasteiger partial charge in [0.05, 0.1) is 11.6 Å². The Hall–Kier alpha value is -2.37. The van der Waals surface area contributed by atoms with E-state index in [-0.39, 0.29) is 0 Å². The van der Waals surface area contributed by atoms with E-state index in [9.17, 15) is 0 Å². The smallest absolute Gasteiger partial charge is 0.151 e. The van der Waals surface area contributed by atoms with Crippen LogP contribution in [-0.2, 0) is 6.54 Å². The van der Waals surface area contributed by atoms with Crippen molar-refractivity contribution >= 4 is 17.4 Å². The lowest BCUT2D eigenvalue weighted by Gasteiger charge is -2.34. The minimum Gasteiger partial charge on any atom is -0.359 e. The van der Waals surface area contributed by atoms with Gasteiger partial charge in [-0.1, -0.05) is 46.6 Å². The molecule has 3 aromatic rings. The van der Waals surface area contributed by atoms with E-state index in [1.165, 1.54) is 5.56 Å². The SMILES string of the molecule is Cc1ccc(-c2cc(CN3CCN(c4ccc(Cl)cn4)CC3)on2)cc1. The minimum absolute atomic E-state index is 0.669. The van der Waals surface area contributed by atoms with E-state index >= 15 is 0 Å². The van der Waals surface area contributed by atoms with Crippen LogP contribution in [0.25, 0.3) is 11.3 Å². The Balaban J connectivity index is 1.34. The molecule has 3 heterocycles. The van der Waals surface area contributed by atoms with E-state index in [0.717, 1.165) is 55.6 Å². The first-order valence-corrected chi connectivity index (χ1v) is 9.17. The van der Waals surface area contributed by atoms with Crippen molar-refractivity contribution in [1.29, 1.82) is 0 Å². The number of hydrogen-bond acceptors (Lipinski definition) is 5. The fourth-order valence-corrected chi connectivity index (χ4v) is 3.27. The van der Waals surface area contributed by atoms with Gasteiger partial charge in [0.25, 0.3) is 0 Å². The second-order valence-electron chi connectivity index (χ2n) is 6.64. The van der Waals surface area contributed by atoms with Gasteiger partial charge in [-0.25, -0.2) is 4.98 Å². The van der Waals surface area contributed by atoms with Crippen LogP contribution >= 0.6 is 11.6 Å². The quantitative estimate of drug-likeness (QED) is 0.696. The number of piperazine rings is 1. The Kier molecular flexibility index (Phi) is 4.91. The van der Waals surface area contributed by atoms with Gasteiger partial charge in [-0.3, -0.25) is 4.90 Å². The highest BCUT2D eigenvalue weighted by atomic mass is 35.5. The average molecular weight is 369 g/mol. The Labute approximate surface area is 158 Å². The molecule has 5 nitrogen and oxygen atoms in total. The highest BCUT2D eigenvalue weighted by Crippen LogP contribution is 2.21. The molecule has 0 saturated carbocycles. The van der Waals surface area contributed by atoms with Gasteiger partial charge in [0, 0.05) is 44.0 Å². The molecule has 1 aromatic carbocycles. The van der Waals surface area contributed by atoms with Crippen molar-refractivity contribution < 1.29 is 4.52 Å². The Bertz CT molecular complexity index is 852. The van der Waals surface area contributed by atoms with E-state index in [1.807, 2.05) is 18.2 Å². The van der Waals surface area contributed by atoms with Crippen molar-refractivity contribution in [2.75, 3.05) is 31.1 Å². The summed E-state index contributed by atoms with van der Waals surface area (Å²) in [6.07, 6.45) is 1.70. The lowest BCUT2D eigenvalue weighted by atomic mass is 10.1. The number of aryl methyl sites for hydroxylation is 1. The molecular formula is C20H21ClN4O. The first-order chi connectivity index (χ1) is 12.7. The lowest BCUT2D eigenvalue weighted by molar-refractivity contribution is 0.219. The molecule has 26 heavy (non-hydrogen) atoms. The first kappa shape index (κ1) is 17.1. The van der Waals surface area contributed by atoms with Crippen LogP contribution in [0.4, 0.5) is 5.82 Å². The van der Waals surface area contributed by atoms with Crippen LogP contribution < -0.4 is 4.90 Å². The van der Waals surface area contributed by atoms with Crippen LogP contribution in [0.1, 0.15) is 11.3 Å². The number of aromatic nitrogens is 2. The molecule has 6 heteroatoms. The predicted molar refractivity (Wildman–Crippen MR) is 103 cm³/mol. The van der Waals surface area contributed by atoms with Gasteiger partial charge in [-0.2, -0.15) is 0 Å². The van der Waals surface area contributed by atoms with Crippen molar-refractivity contribution in [2.24, 2.45) is 0 Å². The average Bonchev–Trinajstić information content (AvgIpc) is 3.12. The molecule has 1 saturated heterocycles. The second-order valence-corrected chi connectivity index (χ2v) is 7.08. The molecule has 0 aliphatic carbocycles. The molecule has 2 aromatic heterocycles. The number of anilines is 1. The fourth-order valence-electron chi connectivity index (χ4n) is 3.16. The van der Waals surface area contributed by atoms with Crippen molar-refractivity contribution in [1.82, 2.24) is 15.0 Å². The van der Waals surface area contributed by atoms with Gasteiger partial charge in [-0.15, -0.1) is 0 Å². The van der Waals surface area contributed by atoms with Crippen molar-refractivity contribution in [3.8, 4) is 11.3 Å². The molecule has 1 aliphatic heterocycles. The van der Waals surface area contributed by atoms with Crippen LogP contribution in [-0.4, -0.2) is 41.2 Å². The number of rotatable bonds is 4. The van der Waals surface area contributed by atoms with Crippen molar-refractivity contribution in [2.45, 2.75) is 13.5 Å². The largest absolute Gasteiger partial charge is 0.359 e. The normalized spacial score (nSPS) is 15.4. The summed E-state index contributed by atoms with van der Waals surface area (Å²) < 4.78 is 5.54. The number of pyridine rings is 1. The number of hydrogen-bond donors (Lipinski definition) is 0. The van der Waals surface area contributed by atoms with Crippen LogP contribution in [0.5, 0.6) is 0 Å². The van der Waals surface area contributed by atoms with E-state index in [4.69, 9.17) is 16.1 Å². The van der Waals surface area contributed by atoms with Gasteiger partial charge < -0.3 is 9.42 Å². The van der Waals surface area contributed by atoms with Crippen molar-refractivity contribution in [3.63, 3.8) is 0 Å². The maximum Gasteiger partial charge on any atom is 0.151 e. The molecule has 0 unspecified atom stereocenters. The summed E-state index contributed by atoms with van der Waals surface area (Å²) in [4.78, 5) is 9.06. The third-order valence-electron chi connectivity index (χ3n) is 4.69. The van der Waals surface area contributed by atoms with E-state index in [2.05, 4.69) is 51.1 Å². The number of halogens is 1. The second kappa shape index (κ2) is 7.48. The molecular weight excluding hydrogens is 348 g/mol. The first-order valence-electron chi connectivity index (χ1n) is 8.79. The molecule has 0 atom stereocenters. The van der Waals surface area contributed by atoms with E-state index in [1.54, 1.807) is 6.20 Å². The van der Waals surface area contributed by atoms with Gasteiger partial charge >= 0.3 is 0 Å². The molecule has 0 radical (unpaired) electrons. The van der Waals surface area contributed by atoms with Gasteiger partial charge in [0.1, 0.15) is 11.5 Å². The topological polar surface area (TPSA) is 45.4 Å². The summed E-state index contributed by atoms with van der Waals surface area (Å²) in [5.74, 6) is 1.88. The molecule has 0 amide bonds. The van der Waals surface area contributed by atoms with Gasteiger partial charge in [0.15, 0.2) is 5.76 Å². The monoisotopic (exact) mass is 368 g/mol. The molecule has 0 N–H and O–H groups in total. The standard InChI is InChI=1S/C20H21ClN4O/c1-15-2-4-16(5-3-15)19-12-18(26-23-19)14-24-8-10-25(11-9-24)20-7-6-17(21)13-22-20/h2-7,12-13H,8-11,14H2,1H3. The van der Waals surface area contributed by atoms with Gasteiger partial charge in [-0.05, 0) is 19.1 Å². The molecule has 4 rings (SSSR count). The zero-order valence-corrected chi connectivity index (χ0v) is 15.5. The minimum atomic E-state index is 0.669. The zero-order chi connectivity index (χ0) is 17.9. The van der Waals surface area contributed by atoms with E-state index < -0.39 is 0 Å². The maximum atomic E-state index is 5.91. The molecule has 1 aliphatic rings. The third-order valence-corrected chi connectivity index (χ3v) is 4.92. The third kappa shape index (κ3) is 3.89.